The number of hydrogen-bond acceptors (Lipinski definition) is 2. The van der Waals surface area contributed by atoms with E-state index in [0.717, 1.165) is 60.8 Å². The lowest BCUT2D eigenvalue weighted by Gasteiger charge is -2.28. The van der Waals surface area contributed by atoms with E-state index in [4.69, 9.17) is 0 Å². The predicted octanol–water partition coefficient (Wildman–Crippen LogP) is 6.28. The highest BCUT2D eigenvalue weighted by atomic mass is 16.1. The number of aryl methyl sites for hydroxylation is 4. The first kappa shape index (κ1) is 19.2. The van der Waals surface area contributed by atoms with Gasteiger partial charge in [0.05, 0.1) is 0 Å². The fourth-order valence-corrected chi connectivity index (χ4v) is 5.67. The van der Waals surface area contributed by atoms with Gasteiger partial charge in [0, 0.05) is 22.3 Å². The van der Waals surface area contributed by atoms with E-state index < -0.39 is 0 Å². The Labute approximate surface area is 187 Å². The van der Waals surface area contributed by atoms with Crippen molar-refractivity contribution in [2.24, 2.45) is 0 Å². The molecule has 2 aliphatic carbocycles. The van der Waals surface area contributed by atoms with Gasteiger partial charge in [-0.25, -0.2) is 0 Å². The molecule has 32 heavy (non-hydrogen) atoms. The molecule has 2 heteroatoms. The van der Waals surface area contributed by atoms with Gasteiger partial charge < -0.3 is 0 Å². The predicted molar refractivity (Wildman–Crippen MR) is 128 cm³/mol. The highest BCUT2D eigenvalue weighted by Gasteiger charge is 2.29. The molecule has 0 amide bonds. The summed E-state index contributed by atoms with van der Waals surface area (Å²) in [5, 5.41) is 2.51. The molecule has 0 aromatic heterocycles. The zero-order valence-corrected chi connectivity index (χ0v) is 18.0. The minimum Gasteiger partial charge on any atom is -0.289 e. The van der Waals surface area contributed by atoms with Crippen LogP contribution in [0.4, 0.5) is 0 Å². The first-order chi connectivity index (χ1) is 15.7. The van der Waals surface area contributed by atoms with Gasteiger partial charge in [0.15, 0.2) is 11.6 Å². The van der Waals surface area contributed by atoms with Gasteiger partial charge in [0.25, 0.3) is 0 Å². The third kappa shape index (κ3) is 2.94. The van der Waals surface area contributed by atoms with Crippen LogP contribution in [0.5, 0.6) is 0 Å². The molecule has 0 aliphatic heterocycles. The van der Waals surface area contributed by atoms with Gasteiger partial charge in [-0.05, 0) is 83.7 Å². The molecule has 0 N–H and O–H groups in total. The summed E-state index contributed by atoms with van der Waals surface area (Å²) in [7, 11) is 0. The van der Waals surface area contributed by atoms with Crippen LogP contribution in [0.15, 0.2) is 72.8 Å². The fraction of sp³-hybridized carbons (Fsp3) is 0.200. The Morgan fingerprint density at radius 3 is 1.34 bits per heavy atom. The molecule has 0 saturated heterocycles. The molecule has 156 valence electrons. The van der Waals surface area contributed by atoms with Crippen molar-refractivity contribution in [1.82, 2.24) is 0 Å². The van der Waals surface area contributed by atoms with E-state index in [1.165, 1.54) is 33.0 Å². The summed E-state index contributed by atoms with van der Waals surface area (Å²) in [6.45, 7) is 0. The second kappa shape index (κ2) is 7.56. The molecule has 0 heterocycles. The summed E-state index contributed by atoms with van der Waals surface area (Å²) >= 11 is 0. The Morgan fingerprint density at radius 2 is 0.938 bits per heavy atom. The molecule has 0 radical (unpaired) electrons. The van der Waals surface area contributed by atoms with Crippen molar-refractivity contribution in [2.75, 3.05) is 0 Å². The average molecular weight is 417 g/mol. The number of hydrogen-bond donors (Lipinski definition) is 0. The van der Waals surface area contributed by atoms with E-state index in [9.17, 15) is 9.59 Å². The molecule has 0 saturated carbocycles. The lowest BCUT2D eigenvalue weighted by Crippen LogP contribution is -2.17. The summed E-state index contributed by atoms with van der Waals surface area (Å²) in [4.78, 5) is 27.0. The summed E-state index contributed by atoms with van der Waals surface area (Å²) in [6.07, 6.45) is 5.78. The zero-order valence-electron chi connectivity index (χ0n) is 18.0. The first-order valence-electron chi connectivity index (χ1n) is 11.5. The van der Waals surface area contributed by atoms with Crippen LogP contribution in [0.1, 0.15) is 66.9 Å². The molecule has 0 spiro atoms. The Kier molecular flexibility index (Phi) is 4.53. The quantitative estimate of drug-likeness (QED) is 0.367. The maximum absolute atomic E-state index is 13.5. The van der Waals surface area contributed by atoms with Gasteiger partial charge in [-0.3, -0.25) is 9.59 Å². The van der Waals surface area contributed by atoms with Gasteiger partial charge in [-0.1, -0.05) is 60.7 Å². The molecule has 4 aromatic rings. The summed E-state index contributed by atoms with van der Waals surface area (Å²) in [5.41, 5.74) is 8.03. The maximum atomic E-state index is 13.5. The maximum Gasteiger partial charge on any atom is 0.193 e. The Balaban J connectivity index is 1.61. The van der Waals surface area contributed by atoms with Crippen LogP contribution < -0.4 is 0 Å². The van der Waals surface area contributed by atoms with Crippen LogP contribution in [0.2, 0.25) is 0 Å². The van der Waals surface area contributed by atoms with Gasteiger partial charge in [0.2, 0.25) is 0 Å². The van der Waals surface area contributed by atoms with E-state index in [-0.39, 0.29) is 11.6 Å². The van der Waals surface area contributed by atoms with Crippen molar-refractivity contribution in [2.45, 2.75) is 38.5 Å². The molecule has 0 unspecified atom stereocenters. The average Bonchev–Trinajstić information content (AvgIpc) is 2.87. The third-order valence-electron chi connectivity index (χ3n) is 7.09. The smallest absolute Gasteiger partial charge is 0.193 e. The van der Waals surface area contributed by atoms with Gasteiger partial charge >= 0.3 is 0 Å². The third-order valence-corrected chi connectivity index (χ3v) is 7.09. The number of ketones is 2. The molecule has 4 aromatic carbocycles. The Hall–Kier alpha value is -3.52. The van der Waals surface area contributed by atoms with Crippen LogP contribution in [0.3, 0.4) is 0 Å². The van der Waals surface area contributed by atoms with E-state index in [2.05, 4.69) is 12.1 Å². The van der Waals surface area contributed by atoms with E-state index in [0.29, 0.717) is 0 Å². The van der Waals surface area contributed by atoms with Gasteiger partial charge in [0.1, 0.15) is 0 Å². The Bertz CT molecular complexity index is 1270. The first-order valence-corrected chi connectivity index (χ1v) is 11.5. The zero-order chi connectivity index (χ0) is 21.7. The molecular weight excluding hydrogens is 392 g/mol. The normalized spacial score (nSPS) is 14.4. The molecular formula is C30H24O2. The van der Waals surface area contributed by atoms with E-state index in [1.807, 2.05) is 60.7 Å². The summed E-state index contributed by atoms with van der Waals surface area (Å²) < 4.78 is 0. The van der Waals surface area contributed by atoms with Crippen molar-refractivity contribution < 1.29 is 9.59 Å². The summed E-state index contributed by atoms with van der Waals surface area (Å²) in [5.74, 6) is 0.228. The molecule has 0 bridgehead atoms. The monoisotopic (exact) mass is 416 g/mol. The second-order valence-electron chi connectivity index (χ2n) is 8.97. The molecule has 2 aliphatic rings. The molecule has 2 nitrogen and oxygen atoms in total. The number of carbonyl (C=O) groups is 2. The molecule has 0 atom stereocenters. The minimum atomic E-state index is 0.114. The standard InChI is InChI=1S/C30H24O2/c31-29(19-9-3-1-4-10-19)25-17-21-13-8-16-24-26(30(32)20-11-5-2-6-12-20)18-22-14-7-15-23(25)27(22)28(21)24/h1-6,9-12,17-18H,7-8,13-16H2. The van der Waals surface area contributed by atoms with Crippen molar-refractivity contribution in [3.05, 3.63) is 117 Å². The highest BCUT2D eigenvalue weighted by molar-refractivity contribution is 6.16. The number of benzene rings is 4. The second-order valence-corrected chi connectivity index (χ2v) is 8.97. The van der Waals surface area contributed by atoms with Gasteiger partial charge in [-0.15, -0.1) is 0 Å². The van der Waals surface area contributed by atoms with Crippen LogP contribution in [0.25, 0.3) is 10.8 Å². The lowest BCUT2D eigenvalue weighted by molar-refractivity contribution is 0.102. The number of carbonyl (C=O) groups excluding carboxylic acids is 2. The van der Waals surface area contributed by atoms with Crippen molar-refractivity contribution in [3.8, 4) is 0 Å². The SMILES string of the molecule is O=C(c1ccccc1)c1cc2c3c(c(C(=O)c4ccccc4)cc4c3c1CCC4)CCC2. The van der Waals surface area contributed by atoms with E-state index >= 15 is 0 Å². The molecule has 6 rings (SSSR count). The lowest BCUT2D eigenvalue weighted by atomic mass is 9.75. The van der Waals surface area contributed by atoms with Crippen LogP contribution in [-0.2, 0) is 25.7 Å². The highest BCUT2D eigenvalue weighted by Crippen LogP contribution is 2.42. The van der Waals surface area contributed by atoms with Crippen molar-refractivity contribution in [3.63, 3.8) is 0 Å². The van der Waals surface area contributed by atoms with Crippen LogP contribution >= 0.6 is 0 Å². The minimum absolute atomic E-state index is 0.114. The summed E-state index contributed by atoms with van der Waals surface area (Å²) in [6, 6.07) is 23.5. The van der Waals surface area contributed by atoms with Crippen LogP contribution in [-0.4, -0.2) is 11.6 Å². The Morgan fingerprint density at radius 1 is 0.531 bits per heavy atom. The fourth-order valence-electron chi connectivity index (χ4n) is 5.67. The van der Waals surface area contributed by atoms with Crippen molar-refractivity contribution in [1.29, 1.82) is 0 Å². The van der Waals surface area contributed by atoms with E-state index in [1.54, 1.807) is 0 Å². The number of rotatable bonds is 4. The largest absolute Gasteiger partial charge is 0.289 e. The van der Waals surface area contributed by atoms with Crippen molar-refractivity contribution >= 4 is 22.3 Å². The van der Waals surface area contributed by atoms with Gasteiger partial charge in [-0.2, -0.15) is 0 Å². The topological polar surface area (TPSA) is 34.1 Å². The van der Waals surface area contributed by atoms with Crippen LogP contribution in [0, 0.1) is 0 Å². The molecule has 0 fully saturated rings.